The van der Waals surface area contributed by atoms with E-state index in [-0.39, 0.29) is 11.8 Å². The molecule has 1 aliphatic carbocycles. The Morgan fingerprint density at radius 1 is 1.09 bits per heavy atom. The van der Waals surface area contributed by atoms with Gasteiger partial charge in [0.15, 0.2) is 5.78 Å². The fourth-order valence-electron chi connectivity index (χ4n) is 4.96. The molecule has 1 aromatic carbocycles. The zero-order valence-electron chi connectivity index (χ0n) is 19.4. The second-order valence-electron chi connectivity index (χ2n) is 8.99. The Morgan fingerprint density at radius 3 is 2.74 bits per heavy atom. The van der Waals surface area contributed by atoms with Crippen LogP contribution in [0.1, 0.15) is 65.6 Å². The number of imidazole rings is 1. The van der Waals surface area contributed by atoms with Crippen molar-refractivity contribution in [2.45, 2.75) is 51.1 Å². The van der Waals surface area contributed by atoms with Crippen molar-refractivity contribution >= 4 is 40.0 Å². The van der Waals surface area contributed by atoms with E-state index in [4.69, 9.17) is 33.2 Å². The van der Waals surface area contributed by atoms with E-state index in [0.29, 0.717) is 28.6 Å². The Bertz CT molecular complexity index is 1280. The van der Waals surface area contributed by atoms with Gasteiger partial charge in [-0.3, -0.25) is 19.7 Å². The van der Waals surface area contributed by atoms with Gasteiger partial charge < -0.3 is 4.98 Å². The van der Waals surface area contributed by atoms with E-state index in [1.165, 1.54) is 23.7 Å². The third kappa shape index (κ3) is 5.40. The molecule has 3 aromatic heterocycles. The van der Waals surface area contributed by atoms with Gasteiger partial charge in [0.05, 0.1) is 44.9 Å². The zero-order chi connectivity index (χ0) is 24.2. The molecule has 1 N–H and O–H groups in total. The van der Waals surface area contributed by atoms with Crippen LogP contribution in [-0.4, -0.2) is 37.2 Å². The van der Waals surface area contributed by atoms with Crippen LogP contribution in [0.15, 0.2) is 55.0 Å². The minimum Gasteiger partial charge on any atom is -0.341 e. The lowest BCUT2D eigenvalue weighted by molar-refractivity contribution is 0.0975. The molecule has 0 radical (unpaired) electrons. The molecular weight excluding hydrogens is 481 g/mol. The van der Waals surface area contributed by atoms with Crippen LogP contribution in [0.25, 0.3) is 11.0 Å². The first-order valence-corrected chi connectivity index (χ1v) is 12.8. The maximum absolute atomic E-state index is 12.8. The number of carbonyl (C=O) groups is 1. The standard InChI is InChI=1S/C27H27Cl2N5O/c28-19-15-30-16-20(29)26(19)24(35)12-3-4-14-34(17-25-32-21-9-1-2-10-22(21)33-25)23-11-5-7-18-8-6-13-31-27(18)23/h1-2,6,8-10,13,15-16,23H,3-5,7,11-12,14,17H2,(H,32,33). The van der Waals surface area contributed by atoms with Crippen LogP contribution in [0.5, 0.6) is 0 Å². The van der Waals surface area contributed by atoms with Crippen molar-refractivity contribution < 1.29 is 4.79 Å². The van der Waals surface area contributed by atoms with E-state index in [1.807, 2.05) is 30.5 Å². The number of carbonyl (C=O) groups excluding carboxylic acids is 1. The van der Waals surface area contributed by atoms with E-state index in [2.05, 4.69) is 27.0 Å². The normalized spacial score (nSPS) is 15.5. The Hall–Kier alpha value is -2.80. The number of nitrogens with zero attached hydrogens (tertiary/aromatic N) is 4. The van der Waals surface area contributed by atoms with Crippen molar-refractivity contribution in [3.05, 3.63) is 87.7 Å². The number of pyridine rings is 2. The molecule has 8 heteroatoms. The Morgan fingerprint density at radius 2 is 1.91 bits per heavy atom. The molecule has 0 saturated heterocycles. The van der Waals surface area contributed by atoms with Crippen molar-refractivity contribution in [2.75, 3.05) is 6.54 Å². The number of rotatable bonds is 9. The van der Waals surface area contributed by atoms with Crippen LogP contribution in [0.3, 0.4) is 0 Å². The molecular formula is C27H27Cl2N5O. The summed E-state index contributed by atoms with van der Waals surface area (Å²) in [4.78, 5) is 32.2. The minimum atomic E-state index is -0.0455. The van der Waals surface area contributed by atoms with Crippen molar-refractivity contribution in [1.82, 2.24) is 24.8 Å². The Kier molecular flexibility index (Phi) is 7.42. The summed E-state index contributed by atoms with van der Waals surface area (Å²) in [6.45, 7) is 1.54. The monoisotopic (exact) mass is 507 g/mol. The van der Waals surface area contributed by atoms with Gasteiger partial charge in [-0.25, -0.2) is 4.98 Å². The first-order valence-electron chi connectivity index (χ1n) is 12.0. The average molecular weight is 508 g/mol. The summed E-state index contributed by atoms with van der Waals surface area (Å²) < 4.78 is 0. The largest absolute Gasteiger partial charge is 0.341 e. The van der Waals surface area contributed by atoms with Gasteiger partial charge >= 0.3 is 0 Å². The minimum absolute atomic E-state index is 0.0455. The third-order valence-corrected chi connectivity index (χ3v) is 7.20. The van der Waals surface area contributed by atoms with Crippen LogP contribution in [0, 0.1) is 0 Å². The lowest BCUT2D eigenvalue weighted by Gasteiger charge is -2.34. The average Bonchev–Trinajstić information content (AvgIpc) is 3.28. The number of aromatic nitrogens is 4. The van der Waals surface area contributed by atoms with Crippen LogP contribution in [-0.2, 0) is 13.0 Å². The summed E-state index contributed by atoms with van der Waals surface area (Å²) >= 11 is 12.3. The van der Waals surface area contributed by atoms with Gasteiger partial charge in [0, 0.05) is 25.0 Å². The summed E-state index contributed by atoms with van der Waals surface area (Å²) in [5.74, 6) is 0.900. The second-order valence-corrected chi connectivity index (χ2v) is 9.80. The number of hydrogen-bond acceptors (Lipinski definition) is 5. The summed E-state index contributed by atoms with van der Waals surface area (Å²) in [6.07, 6.45) is 10.1. The van der Waals surface area contributed by atoms with E-state index >= 15 is 0 Å². The molecule has 4 aromatic rings. The number of halogens is 2. The number of aromatic amines is 1. The van der Waals surface area contributed by atoms with E-state index < -0.39 is 0 Å². The second kappa shape index (κ2) is 10.9. The van der Waals surface area contributed by atoms with Gasteiger partial charge in [-0.05, 0) is 62.4 Å². The summed E-state index contributed by atoms with van der Waals surface area (Å²) in [7, 11) is 0. The predicted octanol–water partition coefficient (Wildman–Crippen LogP) is 6.59. The number of unbranched alkanes of at least 4 members (excludes halogenated alkanes) is 1. The fourth-order valence-corrected chi connectivity index (χ4v) is 5.54. The van der Waals surface area contributed by atoms with Crippen molar-refractivity contribution in [3.8, 4) is 0 Å². The van der Waals surface area contributed by atoms with Gasteiger partial charge in [-0.2, -0.15) is 0 Å². The Labute approximate surface area is 214 Å². The Balaban J connectivity index is 1.30. The van der Waals surface area contributed by atoms with Gasteiger partial charge in [0.2, 0.25) is 0 Å². The molecule has 1 atom stereocenters. The van der Waals surface area contributed by atoms with Crippen LogP contribution in [0.2, 0.25) is 10.0 Å². The number of nitrogens with one attached hydrogen (secondary N) is 1. The summed E-state index contributed by atoms with van der Waals surface area (Å²) in [5, 5.41) is 0.609. The highest BCUT2D eigenvalue weighted by Crippen LogP contribution is 2.34. The molecule has 180 valence electrons. The number of aryl methyl sites for hydroxylation is 1. The number of fused-ring (bicyclic) bond motifs is 2. The highest BCUT2D eigenvalue weighted by Gasteiger charge is 2.28. The highest BCUT2D eigenvalue weighted by molar-refractivity contribution is 6.39. The van der Waals surface area contributed by atoms with Gasteiger partial charge in [0.1, 0.15) is 5.82 Å². The number of benzene rings is 1. The van der Waals surface area contributed by atoms with Gasteiger partial charge in [-0.1, -0.05) is 41.4 Å². The molecule has 5 rings (SSSR count). The lowest BCUT2D eigenvalue weighted by Crippen LogP contribution is -2.33. The number of ketones is 1. The molecule has 3 heterocycles. The fraction of sp³-hybridized carbons (Fsp3) is 0.333. The lowest BCUT2D eigenvalue weighted by atomic mass is 9.90. The molecule has 1 unspecified atom stereocenters. The molecule has 6 nitrogen and oxygen atoms in total. The van der Waals surface area contributed by atoms with Gasteiger partial charge in [0.25, 0.3) is 0 Å². The van der Waals surface area contributed by atoms with Crippen LogP contribution in [0.4, 0.5) is 0 Å². The van der Waals surface area contributed by atoms with Crippen molar-refractivity contribution in [3.63, 3.8) is 0 Å². The van der Waals surface area contributed by atoms with E-state index in [0.717, 1.165) is 55.5 Å². The number of H-pyrrole nitrogens is 1. The molecule has 0 aliphatic heterocycles. The van der Waals surface area contributed by atoms with Crippen LogP contribution >= 0.6 is 23.2 Å². The summed E-state index contributed by atoms with van der Waals surface area (Å²) in [5.41, 5.74) is 4.88. The topological polar surface area (TPSA) is 74.8 Å². The number of Topliss-reactive ketones (excluding diaryl/α,β-unsaturated/α-hetero) is 1. The molecule has 0 bridgehead atoms. The van der Waals surface area contributed by atoms with Crippen LogP contribution < -0.4 is 0 Å². The van der Waals surface area contributed by atoms with Crippen molar-refractivity contribution in [2.24, 2.45) is 0 Å². The third-order valence-electron chi connectivity index (χ3n) is 6.63. The molecule has 35 heavy (non-hydrogen) atoms. The van der Waals surface area contributed by atoms with Gasteiger partial charge in [-0.15, -0.1) is 0 Å². The zero-order valence-corrected chi connectivity index (χ0v) is 20.9. The highest BCUT2D eigenvalue weighted by atomic mass is 35.5. The molecule has 0 spiro atoms. The molecule has 0 fully saturated rings. The maximum Gasteiger partial charge on any atom is 0.165 e. The number of hydrogen-bond donors (Lipinski definition) is 1. The molecule has 0 saturated carbocycles. The molecule has 1 aliphatic rings. The van der Waals surface area contributed by atoms with E-state index in [9.17, 15) is 4.79 Å². The first-order chi connectivity index (χ1) is 17.1. The van der Waals surface area contributed by atoms with Crippen molar-refractivity contribution in [1.29, 1.82) is 0 Å². The first kappa shape index (κ1) is 23.9. The quantitative estimate of drug-likeness (QED) is 0.204. The number of para-hydroxylation sites is 2. The van der Waals surface area contributed by atoms with E-state index in [1.54, 1.807) is 0 Å². The smallest absolute Gasteiger partial charge is 0.165 e. The maximum atomic E-state index is 12.8. The predicted molar refractivity (Wildman–Crippen MR) is 139 cm³/mol. The molecule has 0 amide bonds. The SMILES string of the molecule is O=C(CCCCN(Cc1nc2ccccc2[nH]1)C1CCCc2cccnc21)c1c(Cl)cncc1Cl. The summed E-state index contributed by atoms with van der Waals surface area (Å²) in [6, 6.07) is 12.5.